The average molecular weight is 362 g/mol. The molecule has 1 N–H and O–H groups in total. The third-order valence-electron chi connectivity index (χ3n) is 3.40. The molecule has 25 heavy (non-hydrogen) atoms. The fraction of sp³-hybridized carbons (Fsp3) is 0.0556. The standard InChI is InChI=1S/C18H14ClN3O2.Na/c19-15-14(18(23)24)17(20-11-12-7-3-1-4-8-12)22-16(21-15)13-9-5-2-6-10-13;/h1-10H,11H2,(H,23,24)(H,20,21,22);/q;+1/p-1. The number of nitrogens with zero attached hydrogens (tertiary/aromatic N) is 2. The quantitative estimate of drug-likeness (QED) is 0.502. The Kier molecular flexibility index (Phi) is 6.96. The first-order valence-electron chi connectivity index (χ1n) is 7.27. The Hall–Kier alpha value is -1.92. The molecule has 0 unspecified atom stereocenters. The summed E-state index contributed by atoms with van der Waals surface area (Å²) in [6, 6.07) is 18.8. The Morgan fingerprint density at radius 2 is 1.60 bits per heavy atom. The molecule has 5 nitrogen and oxygen atoms in total. The summed E-state index contributed by atoms with van der Waals surface area (Å²) in [5, 5.41) is 14.2. The van der Waals surface area contributed by atoms with E-state index in [2.05, 4.69) is 15.3 Å². The van der Waals surface area contributed by atoms with Gasteiger partial charge in [0.25, 0.3) is 0 Å². The average Bonchev–Trinajstić information content (AvgIpc) is 2.60. The Labute approximate surface area is 172 Å². The molecule has 0 spiro atoms. The second-order valence-corrected chi connectivity index (χ2v) is 5.41. The van der Waals surface area contributed by atoms with Crippen molar-refractivity contribution in [1.82, 2.24) is 9.97 Å². The van der Waals surface area contributed by atoms with Gasteiger partial charge in [-0.2, -0.15) is 0 Å². The van der Waals surface area contributed by atoms with Crippen LogP contribution in [0, 0.1) is 0 Å². The minimum atomic E-state index is -1.42. The SMILES string of the molecule is O=C([O-])c1c(Cl)nc(-c2ccccc2)nc1NCc1ccccc1.[Na+]. The van der Waals surface area contributed by atoms with Crippen LogP contribution in [0.2, 0.25) is 5.15 Å². The molecule has 3 rings (SSSR count). The van der Waals surface area contributed by atoms with Crippen molar-refractivity contribution in [2.75, 3.05) is 5.32 Å². The summed E-state index contributed by atoms with van der Waals surface area (Å²) < 4.78 is 0. The molecule has 120 valence electrons. The smallest absolute Gasteiger partial charge is 0.545 e. The van der Waals surface area contributed by atoms with Crippen LogP contribution >= 0.6 is 11.6 Å². The molecular weight excluding hydrogens is 349 g/mol. The minimum absolute atomic E-state index is 0. The van der Waals surface area contributed by atoms with Crippen molar-refractivity contribution in [3.8, 4) is 11.4 Å². The second-order valence-electron chi connectivity index (χ2n) is 5.05. The van der Waals surface area contributed by atoms with E-state index in [9.17, 15) is 9.90 Å². The molecule has 0 fully saturated rings. The zero-order valence-corrected chi connectivity index (χ0v) is 16.3. The maximum atomic E-state index is 11.4. The molecule has 0 bridgehead atoms. The number of benzene rings is 2. The number of nitrogens with one attached hydrogen (secondary N) is 1. The molecule has 0 aliphatic carbocycles. The van der Waals surface area contributed by atoms with Crippen molar-refractivity contribution in [2.45, 2.75) is 6.54 Å². The molecular formula is C18H13ClN3NaO2. The molecule has 7 heteroatoms. The Morgan fingerprint density at radius 3 is 2.20 bits per heavy atom. The van der Waals surface area contributed by atoms with Gasteiger partial charge >= 0.3 is 29.6 Å². The largest absolute Gasteiger partial charge is 1.00 e. The van der Waals surface area contributed by atoms with Crippen LogP contribution < -0.4 is 40.0 Å². The predicted molar refractivity (Wildman–Crippen MR) is 90.6 cm³/mol. The van der Waals surface area contributed by atoms with Crippen molar-refractivity contribution in [2.24, 2.45) is 0 Å². The maximum absolute atomic E-state index is 11.4. The molecule has 0 aliphatic rings. The van der Waals surface area contributed by atoms with Crippen molar-refractivity contribution in [3.63, 3.8) is 0 Å². The summed E-state index contributed by atoms with van der Waals surface area (Å²) in [6.07, 6.45) is 0. The fourth-order valence-electron chi connectivity index (χ4n) is 2.24. The number of rotatable bonds is 5. The molecule has 0 saturated heterocycles. The van der Waals surface area contributed by atoms with Crippen LogP contribution in [0.3, 0.4) is 0 Å². The monoisotopic (exact) mass is 361 g/mol. The van der Waals surface area contributed by atoms with Crippen LogP contribution in [0.15, 0.2) is 60.7 Å². The first-order valence-corrected chi connectivity index (χ1v) is 7.65. The first-order chi connectivity index (χ1) is 11.6. The van der Waals surface area contributed by atoms with Gasteiger partial charge in [0.1, 0.15) is 11.0 Å². The molecule has 0 amide bonds. The third-order valence-corrected chi connectivity index (χ3v) is 3.68. The number of carboxylic acids is 1. The van der Waals surface area contributed by atoms with Crippen LogP contribution in [0.5, 0.6) is 0 Å². The molecule has 3 aromatic rings. The van der Waals surface area contributed by atoms with Gasteiger partial charge in [-0.3, -0.25) is 0 Å². The molecule has 2 aromatic carbocycles. The fourth-order valence-corrected chi connectivity index (χ4v) is 2.49. The van der Waals surface area contributed by atoms with Gasteiger partial charge in [0.2, 0.25) is 0 Å². The van der Waals surface area contributed by atoms with Gasteiger partial charge in [0.05, 0.1) is 11.5 Å². The van der Waals surface area contributed by atoms with E-state index < -0.39 is 5.97 Å². The molecule has 1 aromatic heterocycles. The van der Waals surface area contributed by atoms with Gasteiger partial charge in [-0.25, -0.2) is 9.97 Å². The molecule has 1 heterocycles. The first kappa shape index (κ1) is 19.4. The summed E-state index contributed by atoms with van der Waals surface area (Å²) in [4.78, 5) is 19.8. The van der Waals surface area contributed by atoms with E-state index >= 15 is 0 Å². The van der Waals surface area contributed by atoms with Crippen LogP contribution in [0.4, 0.5) is 5.82 Å². The van der Waals surface area contributed by atoms with E-state index in [1.54, 1.807) is 0 Å². The van der Waals surface area contributed by atoms with Crippen LogP contribution in [-0.4, -0.2) is 15.9 Å². The van der Waals surface area contributed by atoms with Gasteiger partial charge < -0.3 is 15.2 Å². The van der Waals surface area contributed by atoms with Crippen molar-refractivity contribution in [3.05, 3.63) is 76.9 Å². The summed E-state index contributed by atoms with van der Waals surface area (Å²) in [5.41, 5.74) is 1.48. The Balaban J connectivity index is 0.00000225. The Bertz CT molecular complexity index is 861. The van der Waals surface area contributed by atoms with Gasteiger partial charge in [0, 0.05) is 12.1 Å². The summed E-state index contributed by atoms with van der Waals surface area (Å²) >= 11 is 6.05. The molecule has 0 radical (unpaired) electrons. The number of hydrogen-bond donors (Lipinski definition) is 1. The van der Waals surface area contributed by atoms with E-state index in [-0.39, 0.29) is 46.1 Å². The predicted octanol–water partition coefficient (Wildman–Crippen LogP) is -0.223. The zero-order valence-electron chi connectivity index (χ0n) is 13.6. The number of carbonyl (C=O) groups is 1. The number of carbonyl (C=O) groups excluding carboxylic acids is 1. The van der Waals surface area contributed by atoms with Crippen molar-refractivity contribution >= 4 is 23.4 Å². The van der Waals surface area contributed by atoms with Crippen LogP contribution in [-0.2, 0) is 6.54 Å². The summed E-state index contributed by atoms with van der Waals surface area (Å²) in [5.74, 6) is -0.936. The van der Waals surface area contributed by atoms with E-state index in [4.69, 9.17) is 11.6 Å². The van der Waals surface area contributed by atoms with Crippen molar-refractivity contribution < 1.29 is 39.5 Å². The van der Waals surface area contributed by atoms with E-state index in [1.807, 2.05) is 60.7 Å². The maximum Gasteiger partial charge on any atom is 1.00 e. The molecule has 0 aliphatic heterocycles. The third kappa shape index (κ3) is 4.80. The number of aromatic carboxylic acids is 1. The summed E-state index contributed by atoms with van der Waals surface area (Å²) in [7, 11) is 0. The molecule has 0 saturated carbocycles. The van der Waals surface area contributed by atoms with Gasteiger partial charge in [0.15, 0.2) is 5.82 Å². The zero-order chi connectivity index (χ0) is 16.9. The number of carboxylic acid groups (broad SMARTS) is 1. The minimum Gasteiger partial charge on any atom is -0.545 e. The van der Waals surface area contributed by atoms with E-state index in [1.165, 1.54) is 0 Å². The number of hydrogen-bond acceptors (Lipinski definition) is 5. The topological polar surface area (TPSA) is 77.9 Å². The second kappa shape index (κ2) is 8.97. The summed E-state index contributed by atoms with van der Waals surface area (Å²) in [6.45, 7) is 0.405. The van der Waals surface area contributed by atoms with Gasteiger partial charge in [-0.05, 0) is 5.56 Å². The van der Waals surface area contributed by atoms with E-state index in [0.717, 1.165) is 11.1 Å². The Morgan fingerprint density at radius 1 is 1.00 bits per heavy atom. The van der Waals surface area contributed by atoms with Crippen LogP contribution in [0.25, 0.3) is 11.4 Å². The van der Waals surface area contributed by atoms with Gasteiger partial charge in [-0.1, -0.05) is 72.3 Å². The normalized spacial score (nSPS) is 9.96. The van der Waals surface area contributed by atoms with Crippen molar-refractivity contribution in [1.29, 1.82) is 0 Å². The molecule has 0 atom stereocenters. The van der Waals surface area contributed by atoms with E-state index in [0.29, 0.717) is 12.4 Å². The number of anilines is 1. The van der Waals surface area contributed by atoms with Gasteiger partial charge in [-0.15, -0.1) is 0 Å². The number of aromatic nitrogens is 2. The van der Waals surface area contributed by atoms with Crippen LogP contribution in [0.1, 0.15) is 15.9 Å². The number of halogens is 1.